The molecule has 0 spiro atoms. The number of nitrogens with one attached hydrogen (secondary N) is 2. The Morgan fingerprint density at radius 3 is 2.81 bits per heavy atom. The molecular weight excluding hydrogens is 294 g/mol. The van der Waals surface area contributed by atoms with Crippen LogP contribution < -0.4 is 4.72 Å². The van der Waals surface area contributed by atoms with Gasteiger partial charge < -0.3 is 4.98 Å². The molecule has 0 radical (unpaired) electrons. The van der Waals surface area contributed by atoms with Gasteiger partial charge in [0.2, 0.25) is 0 Å². The summed E-state index contributed by atoms with van der Waals surface area (Å²) < 4.78 is 26.0. The van der Waals surface area contributed by atoms with Gasteiger partial charge >= 0.3 is 0 Å². The fraction of sp³-hybridized carbons (Fsp3) is 0.667. The molecule has 1 heterocycles. The lowest BCUT2D eigenvalue weighted by Gasteiger charge is -2.05. The van der Waals surface area contributed by atoms with Gasteiger partial charge in [0.15, 0.2) is 5.03 Å². The summed E-state index contributed by atoms with van der Waals surface area (Å²) in [6.45, 7) is 4.30. The first kappa shape index (κ1) is 13.7. The second kappa shape index (κ2) is 5.79. The molecule has 0 fully saturated rings. The average Bonchev–Trinajstić information content (AvgIpc) is 2.65. The second-order valence-electron chi connectivity index (χ2n) is 3.51. The van der Waals surface area contributed by atoms with Crippen LogP contribution in [0.25, 0.3) is 0 Å². The number of aromatic nitrogens is 2. The van der Waals surface area contributed by atoms with Gasteiger partial charge in [-0.05, 0) is 6.42 Å². The fourth-order valence-electron chi connectivity index (χ4n) is 1.13. The lowest BCUT2D eigenvalue weighted by Crippen LogP contribution is -2.26. The number of aromatic amines is 1. The first-order valence-electron chi connectivity index (χ1n) is 5.13. The van der Waals surface area contributed by atoms with Crippen LogP contribution in [0.3, 0.4) is 0 Å². The summed E-state index contributed by atoms with van der Waals surface area (Å²) in [4.78, 5) is 7.02. The molecule has 1 aromatic heterocycles. The Hall–Kier alpha value is -0.400. The Morgan fingerprint density at radius 2 is 2.31 bits per heavy atom. The van der Waals surface area contributed by atoms with Gasteiger partial charge in [-0.3, -0.25) is 0 Å². The quantitative estimate of drug-likeness (QED) is 0.781. The molecule has 0 bridgehead atoms. The van der Waals surface area contributed by atoms with E-state index in [1.165, 1.54) is 6.20 Å². The smallest absolute Gasteiger partial charge is 0.257 e. The summed E-state index contributed by atoms with van der Waals surface area (Å²) in [7, 11) is -3.43. The minimum Gasteiger partial charge on any atom is -0.332 e. The van der Waals surface area contributed by atoms with Crippen LogP contribution in [0.15, 0.2) is 11.2 Å². The van der Waals surface area contributed by atoms with Crippen molar-refractivity contribution in [3.63, 3.8) is 0 Å². The normalized spacial score (nSPS) is 13.9. The molecule has 0 saturated carbocycles. The van der Waals surface area contributed by atoms with E-state index in [0.717, 1.165) is 6.42 Å². The summed E-state index contributed by atoms with van der Waals surface area (Å²) in [5, 5.41) is 0.131. The summed E-state index contributed by atoms with van der Waals surface area (Å²) in [6, 6.07) is 0. The maximum absolute atomic E-state index is 11.7. The van der Waals surface area contributed by atoms with Crippen molar-refractivity contribution < 1.29 is 8.42 Å². The Balaban J connectivity index is 2.63. The average molecular weight is 310 g/mol. The van der Waals surface area contributed by atoms with E-state index >= 15 is 0 Å². The highest BCUT2D eigenvalue weighted by Gasteiger charge is 2.16. The third-order valence-electron chi connectivity index (χ3n) is 2.06. The number of alkyl halides is 1. The molecular formula is C9H16BrN3O2S. The number of imidazole rings is 1. The van der Waals surface area contributed by atoms with Crippen LogP contribution in [0, 0.1) is 0 Å². The van der Waals surface area contributed by atoms with Gasteiger partial charge in [-0.2, -0.15) is 0 Å². The Bertz CT molecular complexity index is 428. The molecule has 1 aromatic rings. The Morgan fingerprint density at radius 1 is 1.62 bits per heavy atom. The summed E-state index contributed by atoms with van der Waals surface area (Å²) >= 11 is 3.36. The van der Waals surface area contributed by atoms with Crippen molar-refractivity contribution in [3.05, 3.63) is 12.0 Å². The van der Waals surface area contributed by atoms with E-state index in [1.807, 2.05) is 13.8 Å². The molecule has 0 aromatic carbocycles. The van der Waals surface area contributed by atoms with E-state index in [0.29, 0.717) is 23.6 Å². The lowest BCUT2D eigenvalue weighted by atomic mass is 10.3. The molecule has 0 aliphatic carbocycles. The topological polar surface area (TPSA) is 74.8 Å². The molecule has 16 heavy (non-hydrogen) atoms. The number of H-pyrrole nitrogens is 1. The highest BCUT2D eigenvalue weighted by atomic mass is 79.9. The van der Waals surface area contributed by atoms with Crippen molar-refractivity contribution in [3.8, 4) is 0 Å². The largest absolute Gasteiger partial charge is 0.332 e. The van der Waals surface area contributed by atoms with Gasteiger partial charge in [0.1, 0.15) is 5.82 Å². The zero-order chi connectivity index (χ0) is 12.2. The van der Waals surface area contributed by atoms with Crippen LogP contribution in [-0.2, 0) is 16.4 Å². The predicted octanol–water partition coefficient (Wildman–Crippen LogP) is 1.42. The van der Waals surface area contributed by atoms with Crippen molar-refractivity contribution in [1.29, 1.82) is 0 Å². The molecule has 0 saturated heterocycles. The third kappa shape index (κ3) is 3.88. The van der Waals surface area contributed by atoms with Gasteiger partial charge in [-0.25, -0.2) is 18.1 Å². The standard InChI is InChI=1S/C9H16BrN3O2S/c1-3-8-11-6-9(13-8)16(14,15)12-5-4-7(2)10/h6-7,12H,3-5H2,1-2H3,(H,11,13). The number of aryl methyl sites for hydroxylation is 1. The highest BCUT2D eigenvalue weighted by molar-refractivity contribution is 9.09. The number of sulfonamides is 1. The molecule has 5 nitrogen and oxygen atoms in total. The molecule has 0 aliphatic heterocycles. The SMILES string of the molecule is CCc1ncc(S(=O)(=O)NCCC(C)Br)[nH]1. The van der Waals surface area contributed by atoms with Crippen molar-refractivity contribution in [2.24, 2.45) is 0 Å². The van der Waals surface area contributed by atoms with Crippen molar-refractivity contribution in [1.82, 2.24) is 14.7 Å². The second-order valence-corrected chi connectivity index (χ2v) is 6.81. The van der Waals surface area contributed by atoms with Gasteiger partial charge in [0, 0.05) is 17.8 Å². The fourth-order valence-corrected chi connectivity index (χ4v) is 2.34. The number of hydrogen-bond donors (Lipinski definition) is 2. The lowest BCUT2D eigenvalue weighted by molar-refractivity contribution is 0.575. The van der Waals surface area contributed by atoms with E-state index in [2.05, 4.69) is 30.6 Å². The van der Waals surface area contributed by atoms with E-state index in [-0.39, 0.29) is 5.03 Å². The van der Waals surface area contributed by atoms with Gasteiger partial charge in [0.05, 0.1) is 6.20 Å². The van der Waals surface area contributed by atoms with Gasteiger partial charge in [0.25, 0.3) is 10.0 Å². The molecule has 1 unspecified atom stereocenters. The van der Waals surface area contributed by atoms with Crippen LogP contribution >= 0.6 is 15.9 Å². The van der Waals surface area contributed by atoms with Gasteiger partial charge in [-0.1, -0.05) is 29.8 Å². The van der Waals surface area contributed by atoms with E-state index in [9.17, 15) is 8.42 Å². The molecule has 1 rings (SSSR count). The molecule has 2 N–H and O–H groups in total. The summed E-state index contributed by atoms with van der Waals surface area (Å²) in [5.74, 6) is 0.675. The first-order valence-corrected chi connectivity index (χ1v) is 7.53. The third-order valence-corrected chi connectivity index (χ3v) is 3.89. The minimum atomic E-state index is -3.43. The van der Waals surface area contributed by atoms with Gasteiger partial charge in [-0.15, -0.1) is 0 Å². The minimum absolute atomic E-state index is 0.131. The number of nitrogens with zero attached hydrogens (tertiary/aromatic N) is 1. The Kier molecular flexibility index (Phi) is 4.94. The first-order chi connectivity index (χ1) is 7.45. The van der Waals surface area contributed by atoms with Crippen LogP contribution in [0.5, 0.6) is 0 Å². The van der Waals surface area contributed by atoms with E-state index < -0.39 is 10.0 Å². The zero-order valence-corrected chi connectivity index (χ0v) is 11.7. The maximum Gasteiger partial charge on any atom is 0.257 e. The maximum atomic E-state index is 11.7. The van der Waals surface area contributed by atoms with E-state index in [1.54, 1.807) is 0 Å². The monoisotopic (exact) mass is 309 g/mol. The van der Waals surface area contributed by atoms with Crippen molar-refractivity contribution in [2.45, 2.75) is 36.5 Å². The number of rotatable bonds is 6. The molecule has 1 atom stereocenters. The Labute approximate surface area is 104 Å². The predicted molar refractivity (Wildman–Crippen MR) is 66.2 cm³/mol. The van der Waals surface area contributed by atoms with Crippen LogP contribution in [0.4, 0.5) is 0 Å². The van der Waals surface area contributed by atoms with Crippen LogP contribution in [-0.4, -0.2) is 29.8 Å². The highest BCUT2D eigenvalue weighted by Crippen LogP contribution is 2.07. The molecule has 7 heteroatoms. The molecule has 92 valence electrons. The molecule has 0 aliphatic rings. The number of halogens is 1. The van der Waals surface area contributed by atoms with Crippen LogP contribution in [0.1, 0.15) is 26.1 Å². The van der Waals surface area contributed by atoms with E-state index in [4.69, 9.17) is 0 Å². The summed E-state index contributed by atoms with van der Waals surface area (Å²) in [5.41, 5.74) is 0. The van der Waals surface area contributed by atoms with Crippen molar-refractivity contribution in [2.75, 3.05) is 6.54 Å². The van der Waals surface area contributed by atoms with Crippen molar-refractivity contribution >= 4 is 26.0 Å². The zero-order valence-electron chi connectivity index (χ0n) is 9.33. The molecule has 0 amide bonds. The number of hydrogen-bond acceptors (Lipinski definition) is 3. The summed E-state index contributed by atoms with van der Waals surface area (Å²) in [6.07, 6.45) is 2.78. The van der Waals surface area contributed by atoms with Crippen LogP contribution in [0.2, 0.25) is 0 Å².